The number of hydrogen-bond acceptors (Lipinski definition) is 8. The van der Waals surface area contributed by atoms with Crippen molar-refractivity contribution in [2.24, 2.45) is 13.0 Å². The molecule has 2 fully saturated rings. The minimum Gasteiger partial charge on any atom is -0.494 e. The lowest BCUT2D eigenvalue weighted by Crippen LogP contribution is -2.40. The molecule has 1 saturated carbocycles. The number of anilines is 3. The number of ether oxygens (including phenoxy) is 1. The highest BCUT2D eigenvalue weighted by atomic mass is 16.5. The van der Waals surface area contributed by atoms with Gasteiger partial charge in [-0.15, -0.1) is 10.2 Å². The zero-order chi connectivity index (χ0) is 24.5. The normalized spacial score (nSPS) is 15.3. The van der Waals surface area contributed by atoms with Crippen LogP contribution in [-0.2, 0) is 11.8 Å². The van der Waals surface area contributed by atoms with E-state index >= 15 is 0 Å². The summed E-state index contributed by atoms with van der Waals surface area (Å²) >= 11 is 0. The lowest BCUT2D eigenvalue weighted by molar-refractivity contribution is -0.117. The number of para-hydroxylation sites is 1. The molecule has 0 atom stereocenters. The van der Waals surface area contributed by atoms with E-state index in [1.165, 1.54) is 7.05 Å². The fourth-order valence-electron chi connectivity index (χ4n) is 4.10. The molecule has 2 amide bonds. The van der Waals surface area contributed by atoms with Crippen LogP contribution in [0.25, 0.3) is 11.3 Å². The Bertz CT molecular complexity index is 1280. The minimum atomic E-state index is -0.404. The van der Waals surface area contributed by atoms with Crippen LogP contribution in [0.4, 0.5) is 17.2 Å². The average Bonchev–Trinajstić information content (AvgIpc) is 3.61. The molecule has 0 spiro atoms. The molecule has 0 bridgehead atoms. The van der Waals surface area contributed by atoms with Crippen molar-refractivity contribution in [1.82, 2.24) is 30.6 Å². The molecular formula is C24H28N8O3. The fourth-order valence-corrected chi connectivity index (χ4v) is 4.10. The van der Waals surface area contributed by atoms with Gasteiger partial charge in [0.15, 0.2) is 17.3 Å². The quantitative estimate of drug-likeness (QED) is 0.388. The van der Waals surface area contributed by atoms with E-state index in [-0.39, 0.29) is 23.3 Å². The Morgan fingerprint density at radius 3 is 2.60 bits per heavy atom. The van der Waals surface area contributed by atoms with Gasteiger partial charge < -0.3 is 26.0 Å². The fraction of sp³-hybridized carbons (Fsp3) is 0.375. The number of hydrogen-bond donors (Lipinski definition) is 4. The summed E-state index contributed by atoms with van der Waals surface area (Å²) in [6, 6.07) is 9.37. The molecule has 0 unspecified atom stereocenters. The lowest BCUT2D eigenvalue weighted by Gasteiger charge is -2.26. The summed E-state index contributed by atoms with van der Waals surface area (Å²) in [6.45, 7) is 1.88. The Balaban J connectivity index is 1.49. The number of nitrogens with zero attached hydrogens (tertiary/aromatic N) is 4. The van der Waals surface area contributed by atoms with Crippen LogP contribution in [0.5, 0.6) is 5.75 Å². The third-order valence-electron chi connectivity index (χ3n) is 6.32. The summed E-state index contributed by atoms with van der Waals surface area (Å²) in [5.41, 5.74) is 3.89. The average molecular weight is 477 g/mol. The molecule has 1 aromatic carbocycles. The van der Waals surface area contributed by atoms with Crippen LogP contribution < -0.4 is 26.0 Å². The molecule has 3 heterocycles. The summed E-state index contributed by atoms with van der Waals surface area (Å²) in [4.78, 5) is 24.7. The standard InChI is InChI=1S/C24H28N8O3/c1-25-24(34)21-18(10-20(29-30-21)28-23(33)13-7-8-13)27-16-6-4-5-15(22(16)35-3)17-9-19(32(2)31-17)14-11-26-12-14/h4-6,9-10,13-14,26H,7-8,11-12H2,1-3H3,(H,25,34)(H2,27,28,29,33). The van der Waals surface area contributed by atoms with Gasteiger partial charge in [0, 0.05) is 56.3 Å². The van der Waals surface area contributed by atoms with E-state index in [4.69, 9.17) is 9.84 Å². The highest BCUT2D eigenvalue weighted by Gasteiger charge is 2.30. The molecule has 2 aromatic heterocycles. The molecule has 35 heavy (non-hydrogen) atoms. The third kappa shape index (κ3) is 4.54. The first-order chi connectivity index (χ1) is 17.0. The van der Waals surface area contributed by atoms with Crippen LogP contribution >= 0.6 is 0 Å². The number of rotatable bonds is 8. The van der Waals surface area contributed by atoms with Gasteiger partial charge in [-0.2, -0.15) is 5.10 Å². The molecule has 11 nitrogen and oxygen atoms in total. The van der Waals surface area contributed by atoms with Gasteiger partial charge in [-0.1, -0.05) is 6.07 Å². The van der Waals surface area contributed by atoms with E-state index < -0.39 is 5.91 Å². The number of aromatic nitrogens is 4. The Morgan fingerprint density at radius 1 is 1.14 bits per heavy atom. The molecule has 1 aliphatic heterocycles. The molecule has 5 rings (SSSR count). The van der Waals surface area contributed by atoms with Gasteiger partial charge in [0.2, 0.25) is 5.91 Å². The summed E-state index contributed by atoms with van der Waals surface area (Å²) in [6.07, 6.45) is 1.74. The summed E-state index contributed by atoms with van der Waals surface area (Å²) < 4.78 is 7.69. The molecule has 1 aliphatic carbocycles. The van der Waals surface area contributed by atoms with E-state index in [1.54, 1.807) is 13.2 Å². The van der Waals surface area contributed by atoms with Crippen LogP contribution in [0.15, 0.2) is 30.3 Å². The second-order valence-electron chi connectivity index (χ2n) is 8.78. The summed E-state index contributed by atoms with van der Waals surface area (Å²) in [5, 5.41) is 24.7. The molecular weight excluding hydrogens is 448 g/mol. The molecule has 1 saturated heterocycles. The van der Waals surface area contributed by atoms with Gasteiger partial charge in [-0.3, -0.25) is 14.3 Å². The van der Waals surface area contributed by atoms with Gasteiger partial charge >= 0.3 is 0 Å². The Labute approximate surface area is 202 Å². The van der Waals surface area contributed by atoms with Gasteiger partial charge in [-0.25, -0.2) is 0 Å². The monoisotopic (exact) mass is 476 g/mol. The SMILES string of the molecule is CNC(=O)c1nnc(NC(=O)C2CC2)cc1Nc1cccc(-c2cc(C3CNC3)n(C)n2)c1OC. The highest BCUT2D eigenvalue weighted by Crippen LogP contribution is 2.39. The van der Waals surface area contributed by atoms with Crippen LogP contribution in [0.2, 0.25) is 0 Å². The van der Waals surface area contributed by atoms with E-state index in [0.717, 1.165) is 42.9 Å². The Kier molecular flexibility index (Phi) is 6.08. The zero-order valence-electron chi connectivity index (χ0n) is 19.9. The predicted molar refractivity (Wildman–Crippen MR) is 131 cm³/mol. The number of nitrogens with one attached hydrogen (secondary N) is 4. The van der Waals surface area contributed by atoms with Crippen LogP contribution in [0, 0.1) is 5.92 Å². The van der Waals surface area contributed by atoms with Crippen molar-refractivity contribution in [3.05, 3.63) is 41.7 Å². The van der Waals surface area contributed by atoms with Gasteiger partial charge in [0.05, 0.1) is 24.2 Å². The smallest absolute Gasteiger partial charge is 0.273 e. The zero-order valence-corrected chi connectivity index (χ0v) is 19.9. The molecule has 3 aromatic rings. The van der Waals surface area contributed by atoms with E-state index in [0.29, 0.717) is 23.0 Å². The van der Waals surface area contributed by atoms with E-state index in [9.17, 15) is 9.59 Å². The maximum Gasteiger partial charge on any atom is 0.273 e. The van der Waals surface area contributed by atoms with Crippen LogP contribution in [0.3, 0.4) is 0 Å². The van der Waals surface area contributed by atoms with Crippen molar-refractivity contribution in [3.63, 3.8) is 0 Å². The third-order valence-corrected chi connectivity index (χ3v) is 6.32. The molecule has 182 valence electrons. The molecule has 0 radical (unpaired) electrons. The van der Waals surface area contributed by atoms with Crippen molar-refractivity contribution in [1.29, 1.82) is 0 Å². The minimum absolute atomic E-state index is 0.0163. The number of benzene rings is 1. The first-order valence-electron chi connectivity index (χ1n) is 11.6. The number of methoxy groups -OCH3 is 1. The largest absolute Gasteiger partial charge is 0.494 e. The van der Waals surface area contributed by atoms with E-state index in [2.05, 4.69) is 37.5 Å². The number of amides is 2. The predicted octanol–water partition coefficient (Wildman–Crippen LogP) is 2.02. The second-order valence-corrected chi connectivity index (χ2v) is 8.78. The Morgan fingerprint density at radius 2 is 1.94 bits per heavy atom. The van der Waals surface area contributed by atoms with Gasteiger partial charge in [-0.05, 0) is 31.0 Å². The van der Waals surface area contributed by atoms with Crippen molar-refractivity contribution in [2.75, 3.05) is 37.9 Å². The molecule has 4 N–H and O–H groups in total. The molecule has 2 aliphatic rings. The Hall–Kier alpha value is -3.99. The first-order valence-corrected chi connectivity index (χ1v) is 11.6. The number of aryl methyl sites for hydroxylation is 1. The maximum absolute atomic E-state index is 12.5. The van der Waals surface area contributed by atoms with Crippen molar-refractivity contribution >= 4 is 29.0 Å². The molecule has 11 heteroatoms. The lowest BCUT2D eigenvalue weighted by atomic mass is 9.98. The number of carbonyl (C=O) groups excluding carboxylic acids is 2. The topological polar surface area (TPSA) is 135 Å². The first kappa shape index (κ1) is 22.8. The second kappa shape index (κ2) is 9.34. The number of carbonyl (C=O) groups is 2. The summed E-state index contributed by atoms with van der Waals surface area (Å²) in [7, 11) is 5.06. The van der Waals surface area contributed by atoms with Crippen LogP contribution in [0.1, 0.15) is 34.9 Å². The van der Waals surface area contributed by atoms with Gasteiger partial charge in [0.25, 0.3) is 5.91 Å². The van der Waals surface area contributed by atoms with E-state index in [1.807, 2.05) is 29.9 Å². The maximum atomic E-state index is 12.5. The van der Waals surface area contributed by atoms with Crippen molar-refractivity contribution in [3.8, 4) is 17.0 Å². The van der Waals surface area contributed by atoms with Crippen molar-refractivity contribution in [2.45, 2.75) is 18.8 Å². The van der Waals surface area contributed by atoms with Crippen molar-refractivity contribution < 1.29 is 14.3 Å². The van der Waals surface area contributed by atoms with Gasteiger partial charge in [0.1, 0.15) is 0 Å². The summed E-state index contributed by atoms with van der Waals surface area (Å²) in [5.74, 6) is 0.810. The van der Waals surface area contributed by atoms with Crippen LogP contribution in [-0.4, -0.2) is 59.0 Å². The highest BCUT2D eigenvalue weighted by molar-refractivity contribution is 6.00.